The van der Waals surface area contributed by atoms with Crippen LogP contribution >= 0.6 is 11.8 Å². The molecule has 0 N–H and O–H groups in total. The summed E-state index contributed by atoms with van der Waals surface area (Å²) in [7, 11) is 0. The van der Waals surface area contributed by atoms with Gasteiger partial charge in [-0.15, -0.1) is 0 Å². The summed E-state index contributed by atoms with van der Waals surface area (Å²) in [6, 6.07) is 0.910. The van der Waals surface area contributed by atoms with Gasteiger partial charge in [0.15, 0.2) is 0 Å². The minimum Gasteiger partial charge on any atom is -0.340 e. The molecule has 0 unspecified atom stereocenters. The number of halogens is 3. The molecule has 1 saturated heterocycles. The molecule has 1 fully saturated rings. The summed E-state index contributed by atoms with van der Waals surface area (Å²) < 4.78 is 37.9. The van der Waals surface area contributed by atoms with Crippen LogP contribution in [0.1, 0.15) is 25.0 Å². The summed E-state index contributed by atoms with van der Waals surface area (Å²) in [5.41, 5.74) is -0.873. The molecule has 0 aromatic carbocycles. The highest BCUT2D eigenvalue weighted by molar-refractivity contribution is 7.99. The molecule has 0 amide bonds. The van der Waals surface area contributed by atoms with Crippen molar-refractivity contribution in [1.29, 1.82) is 0 Å². The van der Waals surface area contributed by atoms with Crippen LogP contribution < -0.4 is 4.90 Å². The first-order chi connectivity index (χ1) is 9.00. The van der Waals surface area contributed by atoms with Gasteiger partial charge < -0.3 is 4.90 Å². The van der Waals surface area contributed by atoms with Crippen LogP contribution in [0.15, 0.2) is 12.3 Å². The lowest BCUT2D eigenvalue weighted by molar-refractivity contribution is -0.141. The number of hydrogen-bond acceptors (Lipinski definition) is 4. The van der Waals surface area contributed by atoms with Crippen molar-refractivity contribution in [3.05, 3.63) is 18.0 Å². The van der Waals surface area contributed by atoms with E-state index in [1.54, 1.807) is 11.8 Å². The first-order valence-corrected chi connectivity index (χ1v) is 7.47. The van der Waals surface area contributed by atoms with Gasteiger partial charge in [0, 0.05) is 24.5 Å². The first-order valence-electron chi connectivity index (χ1n) is 6.18. The zero-order valence-corrected chi connectivity index (χ0v) is 11.5. The Morgan fingerprint density at radius 1 is 1.37 bits per heavy atom. The van der Waals surface area contributed by atoms with Crippen molar-refractivity contribution in [3.63, 3.8) is 0 Å². The van der Waals surface area contributed by atoms with Crippen molar-refractivity contribution in [3.8, 4) is 0 Å². The zero-order chi connectivity index (χ0) is 13.9. The van der Waals surface area contributed by atoms with Crippen molar-refractivity contribution >= 4 is 17.7 Å². The summed E-state index contributed by atoms with van der Waals surface area (Å²) >= 11 is 1.75. The predicted octanol–water partition coefficient (Wildman–Crippen LogP) is 3.22. The Hall–Kier alpha value is -0.980. The van der Waals surface area contributed by atoms with Gasteiger partial charge in [0.1, 0.15) is 5.69 Å². The third-order valence-electron chi connectivity index (χ3n) is 3.18. The molecule has 1 aliphatic heterocycles. The number of nitrogens with zero attached hydrogens (tertiary/aromatic N) is 3. The van der Waals surface area contributed by atoms with E-state index in [0.29, 0.717) is 11.8 Å². The summed E-state index contributed by atoms with van der Waals surface area (Å²) in [5.74, 6) is 0.191. The highest BCUT2D eigenvalue weighted by Crippen LogP contribution is 2.29. The number of alkyl halides is 3. The lowest BCUT2D eigenvalue weighted by Crippen LogP contribution is -2.31. The monoisotopic (exact) mass is 291 g/mol. The van der Waals surface area contributed by atoms with Gasteiger partial charge in [0.05, 0.1) is 0 Å². The van der Waals surface area contributed by atoms with Crippen molar-refractivity contribution < 1.29 is 13.2 Å². The average molecular weight is 291 g/mol. The molecule has 19 heavy (non-hydrogen) atoms. The molecule has 7 heteroatoms. The van der Waals surface area contributed by atoms with Crippen LogP contribution in [-0.2, 0) is 6.18 Å². The smallest absolute Gasteiger partial charge is 0.340 e. The summed E-state index contributed by atoms with van der Waals surface area (Å²) in [6.45, 7) is 1.43. The Labute approximate surface area is 114 Å². The van der Waals surface area contributed by atoms with E-state index >= 15 is 0 Å². The minimum absolute atomic E-state index is 0.191. The molecular weight excluding hydrogens is 275 g/mol. The second-order valence-electron chi connectivity index (χ2n) is 4.54. The van der Waals surface area contributed by atoms with Gasteiger partial charge in [0.2, 0.25) is 5.95 Å². The SMILES string of the molecule is CS[C@@H]1CCCCN(c2nccc(C(F)(F)F)n2)C1. The van der Waals surface area contributed by atoms with Gasteiger partial charge in [-0.1, -0.05) is 6.42 Å². The fraction of sp³-hybridized carbons (Fsp3) is 0.667. The molecule has 0 saturated carbocycles. The van der Waals surface area contributed by atoms with Gasteiger partial charge in [-0.05, 0) is 25.2 Å². The van der Waals surface area contributed by atoms with Crippen molar-refractivity contribution in [2.24, 2.45) is 0 Å². The second-order valence-corrected chi connectivity index (χ2v) is 5.68. The number of hydrogen-bond donors (Lipinski definition) is 0. The van der Waals surface area contributed by atoms with Crippen molar-refractivity contribution in [1.82, 2.24) is 9.97 Å². The molecule has 2 heterocycles. The minimum atomic E-state index is -4.41. The number of anilines is 1. The number of thioether (sulfide) groups is 1. The molecule has 2 rings (SSSR count). The van der Waals surface area contributed by atoms with E-state index in [2.05, 4.69) is 9.97 Å². The first kappa shape index (κ1) is 14.4. The molecule has 1 aromatic heterocycles. The average Bonchev–Trinajstić information content (AvgIpc) is 2.63. The van der Waals surface area contributed by atoms with E-state index in [4.69, 9.17) is 0 Å². The fourth-order valence-corrected chi connectivity index (χ4v) is 2.87. The maximum atomic E-state index is 12.6. The standard InChI is InChI=1S/C12H16F3N3S/c1-19-9-4-2-3-7-18(8-9)11-16-6-5-10(17-11)12(13,14)15/h5-6,9H,2-4,7-8H2,1H3/t9-/m1/s1. The number of rotatable bonds is 2. The largest absolute Gasteiger partial charge is 0.433 e. The van der Waals surface area contributed by atoms with Crippen molar-refractivity contribution in [2.45, 2.75) is 30.7 Å². The zero-order valence-electron chi connectivity index (χ0n) is 10.7. The third kappa shape index (κ3) is 3.75. The number of aromatic nitrogens is 2. The van der Waals surface area contributed by atoms with E-state index in [0.717, 1.165) is 31.9 Å². The quantitative estimate of drug-likeness (QED) is 0.836. The molecule has 0 radical (unpaired) electrons. The van der Waals surface area contributed by atoms with Crippen molar-refractivity contribution in [2.75, 3.05) is 24.2 Å². The molecule has 0 aliphatic carbocycles. The molecule has 1 aliphatic rings. The highest BCUT2D eigenvalue weighted by Gasteiger charge is 2.33. The Morgan fingerprint density at radius 2 is 2.16 bits per heavy atom. The Balaban J connectivity index is 2.20. The molecule has 106 valence electrons. The highest BCUT2D eigenvalue weighted by atomic mass is 32.2. The van der Waals surface area contributed by atoms with Crippen LogP contribution in [0.3, 0.4) is 0 Å². The van der Waals surface area contributed by atoms with Crippen LogP contribution in [0.2, 0.25) is 0 Å². The van der Waals surface area contributed by atoms with Gasteiger partial charge in [0.25, 0.3) is 0 Å². The topological polar surface area (TPSA) is 29.0 Å². The molecule has 1 aromatic rings. The van der Waals surface area contributed by atoms with Crippen LogP contribution in [0.25, 0.3) is 0 Å². The van der Waals surface area contributed by atoms with Gasteiger partial charge in [-0.2, -0.15) is 24.9 Å². The maximum Gasteiger partial charge on any atom is 0.433 e. The summed E-state index contributed by atoms with van der Waals surface area (Å²) in [4.78, 5) is 9.52. The molecule has 1 atom stereocenters. The van der Waals surface area contributed by atoms with E-state index in [1.165, 1.54) is 6.20 Å². The maximum absolute atomic E-state index is 12.6. The van der Waals surface area contributed by atoms with Crippen LogP contribution in [-0.4, -0.2) is 34.6 Å². The normalized spacial score (nSPS) is 21.3. The molecule has 0 spiro atoms. The van der Waals surface area contributed by atoms with E-state index < -0.39 is 11.9 Å². The molecule has 3 nitrogen and oxygen atoms in total. The second kappa shape index (κ2) is 5.98. The van der Waals surface area contributed by atoms with E-state index in [9.17, 15) is 13.2 Å². The van der Waals surface area contributed by atoms with Gasteiger partial charge in [-0.3, -0.25) is 0 Å². The lowest BCUT2D eigenvalue weighted by atomic mass is 10.2. The summed E-state index contributed by atoms with van der Waals surface area (Å²) in [5, 5.41) is 0.431. The van der Waals surface area contributed by atoms with Gasteiger partial charge in [-0.25, -0.2) is 9.97 Å². The van der Waals surface area contributed by atoms with E-state index in [-0.39, 0.29) is 5.95 Å². The lowest BCUT2D eigenvalue weighted by Gasteiger charge is -2.23. The van der Waals surface area contributed by atoms with Crippen LogP contribution in [0.4, 0.5) is 19.1 Å². The van der Waals surface area contributed by atoms with Gasteiger partial charge >= 0.3 is 6.18 Å². The van der Waals surface area contributed by atoms with E-state index in [1.807, 2.05) is 11.2 Å². The Morgan fingerprint density at radius 3 is 2.84 bits per heavy atom. The van der Waals surface area contributed by atoms with Crippen LogP contribution in [0.5, 0.6) is 0 Å². The summed E-state index contributed by atoms with van der Waals surface area (Å²) in [6.07, 6.45) is 1.96. The van der Waals surface area contributed by atoms with Crippen LogP contribution in [0, 0.1) is 0 Å². The third-order valence-corrected chi connectivity index (χ3v) is 4.23. The fourth-order valence-electron chi connectivity index (χ4n) is 2.14. The Kier molecular flexibility index (Phi) is 4.54. The predicted molar refractivity (Wildman–Crippen MR) is 70.4 cm³/mol. The Bertz CT molecular complexity index is 425. The molecule has 0 bridgehead atoms. The molecular formula is C12H16F3N3S.